The molecule has 2 aromatic rings. The van der Waals surface area contributed by atoms with Crippen molar-refractivity contribution in [2.24, 2.45) is 5.73 Å². The summed E-state index contributed by atoms with van der Waals surface area (Å²) in [5, 5.41) is 8.79. The molecule has 1 aliphatic carbocycles. The summed E-state index contributed by atoms with van der Waals surface area (Å²) >= 11 is 0. The van der Waals surface area contributed by atoms with E-state index in [1.807, 2.05) is 32.0 Å². The lowest BCUT2D eigenvalue weighted by Crippen LogP contribution is -2.57. The third kappa shape index (κ3) is 6.51. The van der Waals surface area contributed by atoms with Crippen LogP contribution in [-0.4, -0.2) is 66.2 Å². The SMILES string of the molecule is COc1ccc(NC(=O)N2CCN(C(=O)Nc3cc(C)cc(C)c3)C2C(=O)NC2CCC(N)CC2)cc1. The second-order valence-electron chi connectivity index (χ2n) is 9.85. The monoisotopic (exact) mass is 508 g/mol. The molecule has 0 radical (unpaired) electrons. The smallest absolute Gasteiger partial charge is 0.323 e. The Morgan fingerprint density at radius 3 is 1.92 bits per heavy atom. The van der Waals surface area contributed by atoms with E-state index < -0.39 is 18.2 Å². The molecule has 0 spiro atoms. The van der Waals surface area contributed by atoms with Gasteiger partial charge < -0.3 is 26.4 Å². The van der Waals surface area contributed by atoms with Crippen molar-refractivity contribution in [1.82, 2.24) is 15.1 Å². The summed E-state index contributed by atoms with van der Waals surface area (Å²) in [6.07, 6.45) is 2.11. The molecule has 1 aliphatic heterocycles. The van der Waals surface area contributed by atoms with Gasteiger partial charge in [0.25, 0.3) is 5.91 Å². The number of hydrogen-bond acceptors (Lipinski definition) is 5. The molecule has 1 saturated carbocycles. The van der Waals surface area contributed by atoms with E-state index in [-0.39, 0.29) is 31.1 Å². The fourth-order valence-corrected chi connectivity index (χ4v) is 4.99. The Labute approximate surface area is 217 Å². The van der Waals surface area contributed by atoms with E-state index in [1.165, 1.54) is 9.80 Å². The first kappa shape index (κ1) is 26.3. The minimum Gasteiger partial charge on any atom is -0.497 e. The predicted octanol–water partition coefficient (Wildman–Crippen LogP) is 3.41. The number of anilines is 2. The third-order valence-electron chi connectivity index (χ3n) is 6.86. The van der Waals surface area contributed by atoms with Crippen molar-refractivity contribution in [3.63, 3.8) is 0 Å². The van der Waals surface area contributed by atoms with Gasteiger partial charge in [0, 0.05) is 36.5 Å². The van der Waals surface area contributed by atoms with Crippen LogP contribution in [0.15, 0.2) is 42.5 Å². The zero-order valence-electron chi connectivity index (χ0n) is 21.6. The Balaban J connectivity index is 1.52. The van der Waals surface area contributed by atoms with Crippen LogP contribution in [0.5, 0.6) is 5.75 Å². The first-order valence-corrected chi connectivity index (χ1v) is 12.7. The zero-order valence-corrected chi connectivity index (χ0v) is 21.6. The molecule has 2 aromatic carbocycles. The van der Waals surface area contributed by atoms with Crippen LogP contribution in [-0.2, 0) is 4.79 Å². The molecule has 2 fully saturated rings. The molecule has 5 amide bonds. The second-order valence-corrected chi connectivity index (χ2v) is 9.85. The van der Waals surface area contributed by atoms with E-state index in [2.05, 4.69) is 16.0 Å². The number of methoxy groups -OCH3 is 1. The molecule has 2 aliphatic rings. The van der Waals surface area contributed by atoms with E-state index in [0.717, 1.165) is 36.8 Å². The fraction of sp³-hybridized carbons (Fsp3) is 0.444. The van der Waals surface area contributed by atoms with Gasteiger partial charge in [0.15, 0.2) is 6.17 Å². The van der Waals surface area contributed by atoms with Crippen LogP contribution in [0.2, 0.25) is 0 Å². The standard InChI is InChI=1S/C27H36N6O4/c1-17-14-18(2)16-22(15-17)31-27(36)33-13-12-32(26(35)30-21-8-10-23(37-3)11-9-21)25(33)24(34)29-20-6-4-19(28)5-7-20/h8-11,14-16,19-20,25H,4-7,12-13,28H2,1-3H3,(H,29,34)(H,30,35)(H,31,36). The number of carbonyl (C=O) groups is 3. The Kier molecular flexibility index (Phi) is 8.17. The van der Waals surface area contributed by atoms with Crippen LogP contribution >= 0.6 is 0 Å². The highest BCUT2D eigenvalue weighted by atomic mass is 16.5. The molecule has 0 aromatic heterocycles. The molecule has 1 atom stereocenters. The van der Waals surface area contributed by atoms with Gasteiger partial charge in [-0.2, -0.15) is 0 Å². The summed E-state index contributed by atoms with van der Waals surface area (Å²) in [6.45, 7) is 4.35. The average Bonchev–Trinajstić information content (AvgIpc) is 3.31. The summed E-state index contributed by atoms with van der Waals surface area (Å²) in [4.78, 5) is 42.9. The Morgan fingerprint density at radius 1 is 0.838 bits per heavy atom. The van der Waals surface area contributed by atoms with Crippen LogP contribution < -0.4 is 26.4 Å². The number of nitrogens with zero attached hydrogens (tertiary/aromatic N) is 2. The van der Waals surface area contributed by atoms with Crippen LogP contribution in [0.3, 0.4) is 0 Å². The molecule has 10 nitrogen and oxygen atoms in total. The van der Waals surface area contributed by atoms with Gasteiger partial charge >= 0.3 is 12.1 Å². The van der Waals surface area contributed by atoms with Gasteiger partial charge in [-0.3, -0.25) is 14.6 Å². The molecule has 10 heteroatoms. The number of nitrogens with one attached hydrogen (secondary N) is 3. The maximum Gasteiger partial charge on any atom is 0.323 e. The minimum absolute atomic E-state index is 0.0382. The van der Waals surface area contributed by atoms with E-state index >= 15 is 0 Å². The highest BCUT2D eigenvalue weighted by Crippen LogP contribution is 2.23. The number of aryl methyl sites for hydroxylation is 2. The largest absolute Gasteiger partial charge is 0.497 e. The van der Waals surface area contributed by atoms with Crippen molar-refractivity contribution >= 4 is 29.3 Å². The maximum atomic E-state index is 13.5. The van der Waals surface area contributed by atoms with Gasteiger partial charge in [0.1, 0.15) is 5.75 Å². The van der Waals surface area contributed by atoms with Crippen molar-refractivity contribution in [2.45, 2.75) is 57.8 Å². The molecule has 5 N–H and O–H groups in total. The van der Waals surface area contributed by atoms with E-state index in [0.29, 0.717) is 17.1 Å². The topological polar surface area (TPSA) is 129 Å². The van der Waals surface area contributed by atoms with Crippen LogP contribution in [0.4, 0.5) is 21.0 Å². The maximum absolute atomic E-state index is 13.5. The summed E-state index contributed by atoms with van der Waals surface area (Å²) in [6, 6.07) is 11.9. The molecule has 1 heterocycles. The van der Waals surface area contributed by atoms with Crippen LogP contribution in [0.25, 0.3) is 0 Å². The number of hydrogen-bond donors (Lipinski definition) is 4. The first-order valence-electron chi connectivity index (χ1n) is 12.7. The zero-order chi connectivity index (χ0) is 26.5. The predicted molar refractivity (Wildman–Crippen MR) is 143 cm³/mol. The number of rotatable bonds is 5. The van der Waals surface area contributed by atoms with Gasteiger partial charge in [-0.15, -0.1) is 0 Å². The minimum atomic E-state index is -1.08. The molecule has 0 bridgehead atoms. The summed E-state index contributed by atoms with van der Waals surface area (Å²) in [7, 11) is 1.57. The molecule has 37 heavy (non-hydrogen) atoms. The van der Waals surface area contributed by atoms with Crippen molar-refractivity contribution in [1.29, 1.82) is 0 Å². The van der Waals surface area contributed by atoms with E-state index in [4.69, 9.17) is 10.5 Å². The molecule has 1 saturated heterocycles. The first-order chi connectivity index (χ1) is 17.7. The van der Waals surface area contributed by atoms with Gasteiger partial charge in [0.2, 0.25) is 0 Å². The van der Waals surface area contributed by atoms with Crippen molar-refractivity contribution in [3.8, 4) is 5.75 Å². The van der Waals surface area contributed by atoms with Gasteiger partial charge in [-0.05, 0) is 87.1 Å². The van der Waals surface area contributed by atoms with Crippen molar-refractivity contribution < 1.29 is 19.1 Å². The highest BCUT2D eigenvalue weighted by Gasteiger charge is 2.43. The van der Waals surface area contributed by atoms with E-state index in [1.54, 1.807) is 31.4 Å². The lowest BCUT2D eigenvalue weighted by molar-refractivity contribution is -0.128. The molecule has 4 rings (SSSR count). The molecule has 1 unspecified atom stereocenters. The Hall–Kier alpha value is -3.79. The van der Waals surface area contributed by atoms with E-state index in [9.17, 15) is 14.4 Å². The molecular weight excluding hydrogens is 472 g/mol. The van der Waals surface area contributed by atoms with Crippen LogP contribution in [0, 0.1) is 13.8 Å². The number of benzene rings is 2. The average molecular weight is 509 g/mol. The Morgan fingerprint density at radius 2 is 1.38 bits per heavy atom. The van der Waals surface area contributed by atoms with Gasteiger partial charge in [0.05, 0.1) is 7.11 Å². The number of ether oxygens (including phenoxy) is 1. The second kappa shape index (κ2) is 11.5. The van der Waals surface area contributed by atoms with Gasteiger partial charge in [-0.25, -0.2) is 9.59 Å². The summed E-state index contributed by atoms with van der Waals surface area (Å²) in [5.74, 6) is 0.288. The third-order valence-corrected chi connectivity index (χ3v) is 6.86. The highest BCUT2D eigenvalue weighted by molar-refractivity contribution is 5.98. The van der Waals surface area contributed by atoms with Gasteiger partial charge in [-0.1, -0.05) is 6.07 Å². The summed E-state index contributed by atoms with van der Waals surface area (Å²) in [5.41, 5.74) is 9.25. The quantitative estimate of drug-likeness (QED) is 0.492. The number of amides is 5. The molecule has 198 valence electrons. The number of urea groups is 2. The fourth-order valence-electron chi connectivity index (χ4n) is 4.99. The van der Waals surface area contributed by atoms with Crippen molar-refractivity contribution in [3.05, 3.63) is 53.6 Å². The normalized spacial score (nSPS) is 21.4. The van der Waals surface area contributed by atoms with Crippen molar-refractivity contribution in [2.75, 3.05) is 30.8 Å². The number of carbonyl (C=O) groups excluding carboxylic acids is 3. The van der Waals surface area contributed by atoms with Crippen LogP contribution in [0.1, 0.15) is 36.8 Å². The Bertz CT molecular complexity index is 1110. The summed E-state index contributed by atoms with van der Waals surface area (Å²) < 4.78 is 5.17. The number of nitrogens with two attached hydrogens (primary N) is 1. The molecular formula is C27H36N6O4. The lowest BCUT2D eigenvalue weighted by atomic mass is 9.92. The lowest BCUT2D eigenvalue weighted by Gasteiger charge is -2.32.